The van der Waals surface area contributed by atoms with Crippen molar-refractivity contribution in [2.75, 3.05) is 13.7 Å². The van der Waals surface area contributed by atoms with Gasteiger partial charge in [-0.15, -0.1) is 0 Å². The van der Waals surface area contributed by atoms with Gasteiger partial charge in [-0.05, 0) is 43.2 Å². The van der Waals surface area contributed by atoms with Gasteiger partial charge >= 0.3 is 12.0 Å². The molecule has 0 aliphatic heterocycles. The molecule has 29 heavy (non-hydrogen) atoms. The van der Waals surface area contributed by atoms with E-state index in [0.717, 1.165) is 46.6 Å². The summed E-state index contributed by atoms with van der Waals surface area (Å²) in [6.07, 6.45) is 4.37. The third kappa shape index (κ3) is 4.40. The first-order valence-corrected chi connectivity index (χ1v) is 10.4. The van der Waals surface area contributed by atoms with Crippen molar-refractivity contribution in [3.63, 3.8) is 0 Å². The van der Waals surface area contributed by atoms with Crippen LogP contribution in [-0.2, 0) is 9.53 Å². The maximum atomic E-state index is 13.0. The second-order valence-corrected chi connectivity index (χ2v) is 7.75. The number of halogens is 1. The second-order valence-electron chi connectivity index (χ2n) is 7.31. The summed E-state index contributed by atoms with van der Waals surface area (Å²) in [5.74, 6) is -0.730. The molecule has 1 N–H and O–H groups in total. The van der Waals surface area contributed by atoms with E-state index >= 15 is 0 Å². The number of hydrogen-bond donors (Lipinski definition) is 1. The quantitative estimate of drug-likeness (QED) is 0.389. The van der Waals surface area contributed by atoms with Gasteiger partial charge in [-0.3, -0.25) is 9.36 Å². The molecule has 0 saturated carbocycles. The van der Waals surface area contributed by atoms with Crippen molar-refractivity contribution in [1.29, 1.82) is 0 Å². The predicted molar refractivity (Wildman–Crippen MR) is 118 cm³/mol. The fourth-order valence-electron chi connectivity index (χ4n) is 3.64. The number of rotatable bonds is 7. The summed E-state index contributed by atoms with van der Waals surface area (Å²) in [6, 6.07) is 11.1. The number of hydrogen-bond acceptors (Lipinski definition) is 3. The average molecular weight is 415 g/mol. The van der Waals surface area contributed by atoms with Crippen LogP contribution in [0.25, 0.3) is 21.8 Å². The second kappa shape index (κ2) is 9.31. The largest absolute Gasteiger partial charge is 0.469 e. The zero-order chi connectivity index (χ0) is 21.0. The maximum Gasteiger partial charge on any atom is 0.326 e. The lowest BCUT2D eigenvalue weighted by atomic mass is 9.99. The monoisotopic (exact) mass is 414 g/mol. The van der Waals surface area contributed by atoms with Crippen LogP contribution in [0.3, 0.4) is 0 Å². The summed E-state index contributed by atoms with van der Waals surface area (Å²) in [5, 5.41) is 5.47. The summed E-state index contributed by atoms with van der Waals surface area (Å²) in [5.41, 5.74) is 2.34. The van der Waals surface area contributed by atoms with Gasteiger partial charge in [0.2, 0.25) is 0 Å². The van der Waals surface area contributed by atoms with E-state index in [1.165, 1.54) is 13.5 Å². The van der Waals surface area contributed by atoms with Gasteiger partial charge in [-0.25, -0.2) is 4.79 Å². The number of amides is 1. The first-order valence-electron chi connectivity index (χ1n) is 10.1. The number of benzene rings is 2. The molecule has 2 aromatic carbocycles. The molecule has 0 fully saturated rings. The van der Waals surface area contributed by atoms with Crippen LogP contribution < -0.4 is 5.32 Å². The molecule has 6 heteroatoms. The molecule has 0 aliphatic carbocycles. The zero-order valence-corrected chi connectivity index (χ0v) is 17.9. The normalized spacial score (nSPS) is 12.3. The zero-order valence-electron chi connectivity index (χ0n) is 17.1. The number of methoxy groups -OCH3 is 1. The van der Waals surface area contributed by atoms with Crippen LogP contribution in [0.1, 0.15) is 51.0 Å². The van der Waals surface area contributed by atoms with E-state index in [-0.39, 0.29) is 12.0 Å². The van der Waals surface area contributed by atoms with E-state index in [1.54, 1.807) is 17.6 Å². The Morgan fingerprint density at radius 1 is 1.07 bits per heavy atom. The van der Waals surface area contributed by atoms with Crippen LogP contribution in [0.15, 0.2) is 36.4 Å². The Morgan fingerprint density at radius 2 is 1.86 bits per heavy atom. The lowest BCUT2D eigenvalue weighted by Crippen LogP contribution is -2.29. The third-order valence-electron chi connectivity index (χ3n) is 5.32. The first kappa shape index (κ1) is 21.2. The van der Waals surface area contributed by atoms with E-state index in [0.29, 0.717) is 11.6 Å². The molecule has 1 unspecified atom stereocenters. The van der Waals surface area contributed by atoms with Gasteiger partial charge < -0.3 is 10.1 Å². The number of nitrogens with one attached hydrogen (secondary N) is 1. The van der Waals surface area contributed by atoms with Crippen molar-refractivity contribution < 1.29 is 14.3 Å². The van der Waals surface area contributed by atoms with Crippen LogP contribution in [0, 0.1) is 0 Å². The van der Waals surface area contributed by atoms with Crippen LogP contribution in [0.2, 0.25) is 5.02 Å². The molecule has 1 heterocycles. The molecule has 154 valence electrons. The van der Waals surface area contributed by atoms with Crippen molar-refractivity contribution in [3.8, 4) is 0 Å². The number of esters is 1. The van der Waals surface area contributed by atoms with Gasteiger partial charge in [-0.2, -0.15) is 0 Å². The Morgan fingerprint density at radius 3 is 2.59 bits per heavy atom. The highest BCUT2D eigenvalue weighted by molar-refractivity contribution is 6.32. The van der Waals surface area contributed by atoms with Gasteiger partial charge in [0.25, 0.3) is 0 Å². The minimum atomic E-state index is -0.420. The Balaban J connectivity index is 2.04. The fraction of sp³-hybridized carbons (Fsp3) is 0.391. The third-order valence-corrected chi connectivity index (χ3v) is 5.55. The average Bonchev–Trinajstić information content (AvgIpc) is 3.05. The van der Waals surface area contributed by atoms with Crippen molar-refractivity contribution in [1.82, 2.24) is 9.88 Å². The Labute approximate surface area is 176 Å². The molecule has 1 atom stereocenters. The fourth-order valence-corrected chi connectivity index (χ4v) is 3.81. The number of carbonyl (C=O) groups excluding carboxylic acids is 2. The highest BCUT2D eigenvalue weighted by atomic mass is 35.5. The van der Waals surface area contributed by atoms with Gasteiger partial charge in [-0.1, -0.05) is 49.9 Å². The molecule has 0 saturated heterocycles. The smallest absolute Gasteiger partial charge is 0.326 e. The molecular formula is C23H27ClN2O3. The molecule has 5 nitrogen and oxygen atoms in total. The topological polar surface area (TPSA) is 60.3 Å². The molecular weight excluding hydrogens is 388 g/mol. The van der Waals surface area contributed by atoms with Gasteiger partial charge in [0.1, 0.15) is 0 Å². The molecule has 3 rings (SSSR count). The van der Waals surface area contributed by atoms with Crippen molar-refractivity contribution in [3.05, 3.63) is 47.0 Å². The standard InChI is InChI=1S/C23H27ClN2O3/c1-4-5-6-7-12-25-23(28)26-20-11-9-17(24)14-19(20)18-10-8-16(13-21(18)26)15(2)22(27)29-3/h8-11,13-15H,4-7,12H2,1-3H3,(H,25,28). The maximum absolute atomic E-state index is 13.0. The molecule has 1 amide bonds. The Bertz CT molecular complexity index is 1040. The van der Waals surface area contributed by atoms with Crippen LogP contribution >= 0.6 is 11.6 Å². The number of ether oxygens (including phenoxy) is 1. The van der Waals surface area contributed by atoms with Gasteiger partial charge in [0.05, 0.1) is 24.1 Å². The number of carbonyl (C=O) groups is 2. The summed E-state index contributed by atoms with van der Waals surface area (Å²) in [4.78, 5) is 25.0. The minimum Gasteiger partial charge on any atom is -0.469 e. The summed E-state index contributed by atoms with van der Waals surface area (Å²) in [7, 11) is 1.38. The highest BCUT2D eigenvalue weighted by Gasteiger charge is 2.20. The molecule has 0 spiro atoms. The number of unbranched alkanes of at least 4 members (excludes halogenated alkanes) is 3. The SMILES string of the molecule is CCCCCCNC(=O)n1c2ccc(Cl)cc2c2ccc(C(C)C(=O)OC)cc21. The van der Waals surface area contributed by atoms with E-state index in [9.17, 15) is 9.59 Å². The summed E-state index contributed by atoms with van der Waals surface area (Å²) < 4.78 is 6.55. The van der Waals surface area contributed by atoms with Crippen molar-refractivity contribution in [2.45, 2.75) is 45.4 Å². The minimum absolute atomic E-state index is 0.174. The lowest BCUT2D eigenvalue weighted by molar-refractivity contribution is -0.141. The van der Waals surface area contributed by atoms with Gasteiger partial charge in [0.15, 0.2) is 0 Å². The summed E-state index contributed by atoms with van der Waals surface area (Å²) in [6.45, 7) is 4.59. The van der Waals surface area contributed by atoms with Crippen molar-refractivity contribution >= 4 is 45.4 Å². The molecule has 0 aliphatic rings. The first-order chi connectivity index (χ1) is 14.0. The Hall–Kier alpha value is -2.53. The lowest BCUT2D eigenvalue weighted by Gasteiger charge is -2.12. The van der Waals surface area contributed by atoms with E-state index in [4.69, 9.17) is 16.3 Å². The van der Waals surface area contributed by atoms with E-state index < -0.39 is 5.92 Å². The summed E-state index contributed by atoms with van der Waals surface area (Å²) >= 11 is 6.21. The van der Waals surface area contributed by atoms with E-state index in [2.05, 4.69) is 12.2 Å². The van der Waals surface area contributed by atoms with Crippen LogP contribution in [0.5, 0.6) is 0 Å². The predicted octanol–water partition coefficient (Wildman–Crippen LogP) is 5.86. The molecule has 0 bridgehead atoms. The van der Waals surface area contributed by atoms with Crippen LogP contribution in [-0.4, -0.2) is 30.2 Å². The highest BCUT2D eigenvalue weighted by Crippen LogP contribution is 2.33. The Kier molecular flexibility index (Phi) is 6.80. The number of aromatic nitrogens is 1. The molecule has 3 aromatic rings. The van der Waals surface area contributed by atoms with E-state index in [1.807, 2.05) is 30.3 Å². The van der Waals surface area contributed by atoms with Crippen LogP contribution in [0.4, 0.5) is 4.79 Å². The number of nitrogens with zero attached hydrogens (tertiary/aromatic N) is 1. The molecule has 1 aromatic heterocycles. The molecule has 0 radical (unpaired) electrons. The van der Waals surface area contributed by atoms with Crippen molar-refractivity contribution in [2.24, 2.45) is 0 Å². The number of fused-ring (bicyclic) bond motifs is 3. The van der Waals surface area contributed by atoms with Gasteiger partial charge in [0, 0.05) is 22.3 Å².